The molecule has 0 saturated carbocycles. The Morgan fingerprint density at radius 1 is 1.16 bits per heavy atom. The minimum absolute atomic E-state index is 0.0394. The molecule has 0 saturated heterocycles. The fourth-order valence-corrected chi connectivity index (χ4v) is 2.35. The van der Waals surface area contributed by atoms with E-state index in [2.05, 4.69) is 29.7 Å². The molecule has 2 rings (SSSR count). The van der Waals surface area contributed by atoms with Gasteiger partial charge in [-0.3, -0.25) is 4.79 Å². The summed E-state index contributed by atoms with van der Waals surface area (Å²) in [6.45, 7) is 6.01. The number of nitrogens with zero attached hydrogens (tertiary/aromatic N) is 1. The van der Waals surface area contributed by atoms with Gasteiger partial charge in [-0.15, -0.1) is 0 Å². The highest BCUT2D eigenvalue weighted by Crippen LogP contribution is 2.15. The van der Waals surface area contributed by atoms with Crippen molar-refractivity contribution in [3.63, 3.8) is 0 Å². The van der Waals surface area contributed by atoms with Gasteiger partial charge in [-0.05, 0) is 43.5 Å². The zero-order valence-electron chi connectivity index (χ0n) is 14.8. The van der Waals surface area contributed by atoms with E-state index in [4.69, 9.17) is 0 Å². The van der Waals surface area contributed by atoms with Crippen LogP contribution in [0.15, 0.2) is 60.3 Å². The molecule has 128 valence electrons. The van der Waals surface area contributed by atoms with Crippen LogP contribution in [0.25, 0.3) is 0 Å². The van der Waals surface area contributed by atoms with Crippen molar-refractivity contribution in [3.8, 4) is 6.07 Å². The highest BCUT2D eigenvalue weighted by atomic mass is 16.1. The molecule has 0 aromatic heterocycles. The number of anilines is 1. The van der Waals surface area contributed by atoms with Gasteiger partial charge in [-0.1, -0.05) is 48.9 Å². The van der Waals surface area contributed by atoms with Crippen molar-refractivity contribution >= 4 is 11.6 Å². The molecule has 0 fully saturated rings. The molecule has 0 aliphatic carbocycles. The van der Waals surface area contributed by atoms with Crippen molar-refractivity contribution in [1.29, 1.82) is 5.26 Å². The molecule has 1 unspecified atom stereocenters. The van der Waals surface area contributed by atoms with Crippen molar-refractivity contribution in [1.82, 2.24) is 5.32 Å². The van der Waals surface area contributed by atoms with E-state index >= 15 is 0 Å². The van der Waals surface area contributed by atoms with Gasteiger partial charge in [0.25, 0.3) is 5.91 Å². The molecule has 2 aromatic carbocycles. The molecule has 4 heteroatoms. The van der Waals surface area contributed by atoms with Crippen molar-refractivity contribution in [3.05, 3.63) is 77.0 Å². The molecule has 2 aromatic rings. The van der Waals surface area contributed by atoms with E-state index in [1.807, 2.05) is 56.3 Å². The number of aryl methyl sites for hydroxylation is 2. The van der Waals surface area contributed by atoms with Gasteiger partial charge in [0.1, 0.15) is 11.6 Å². The summed E-state index contributed by atoms with van der Waals surface area (Å²) >= 11 is 0. The summed E-state index contributed by atoms with van der Waals surface area (Å²) in [5.41, 5.74) is 4.28. The smallest absolute Gasteiger partial charge is 0.263 e. The average Bonchev–Trinajstić information content (AvgIpc) is 2.63. The first-order valence-electron chi connectivity index (χ1n) is 8.36. The zero-order chi connectivity index (χ0) is 18.2. The lowest BCUT2D eigenvalue weighted by atomic mass is 10.0. The van der Waals surface area contributed by atoms with Crippen molar-refractivity contribution in [2.45, 2.75) is 33.2 Å². The maximum Gasteiger partial charge on any atom is 0.263 e. The van der Waals surface area contributed by atoms with Gasteiger partial charge >= 0.3 is 0 Å². The maximum absolute atomic E-state index is 12.3. The van der Waals surface area contributed by atoms with E-state index in [0.717, 1.165) is 23.2 Å². The van der Waals surface area contributed by atoms with Gasteiger partial charge in [-0.2, -0.15) is 5.26 Å². The Bertz CT molecular complexity index is 783. The Morgan fingerprint density at radius 3 is 2.36 bits per heavy atom. The predicted octanol–water partition coefficient (Wildman–Crippen LogP) is 4.25. The monoisotopic (exact) mass is 333 g/mol. The molecule has 0 spiro atoms. The highest BCUT2D eigenvalue weighted by molar-refractivity contribution is 5.97. The van der Waals surface area contributed by atoms with E-state index in [-0.39, 0.29) is 11.6 Å². The van der Waals surface area contributed by atoms with E-state index in [9.17, 15) is 10.1 Å². The third-order valence-electron chi connectivity index (χ3n) is 4.04. The lowest BCUT2D eigenvalue weighted by Crippen LogP contribution is -2.28. The first-order valence-corrected chi connectivity index (χ1v) is 8.36. The second-order valence-electron chi connectivity index (χ2n) is 5.97. The summed E-state index contributed by atoms with van der Waals surface area (Å²) < 4.78 is 0. The average molecular weight is 333 g/mol. The molecule has 1 amide bonds. The summed E-state index contributed by atoms with van der Waals surface area (Å²) in [5, 5.41) is 15.1. The van der Waals surface area contributed by atoms with E-state index in [1.54, 1.807) is 0 Å². The number of amides is 1. The standard InChI is InChI=1S/C21H23N3O/c1-4-17-7-9-18(10-8-17)16(3)24-21(25)19(13-22)14-23-20-11-5-15(2)6-12-20/h5-12,14,16,23H,4H2,1-3H3,(H,24,25)/b19-14-. The molecule has 0 aliphatic rings. The molecule has 0 bridgehead atoms. The summed E-state index contributed by atoms with van der Waals surface area (Å²) in [6.07, 6.45) is 2.42. The van der Waals surface area contributed by atoms with Crippen LogP contribution >= 0.6 is 0 Å². The van der Waals surface area contributed by atoms with Crippen LogP contribution < -0.4 is 10.6 Å². The van der Waals surface area contributed by atoms with Crippen molar-refractivity contribution in [2.24, 2.45) is 0 Å². The van der Waals surface area contributed by atoms with E-state index in [0.29, 0.717) is 0 Å². The van der Waals surface area contributed by atoms with E-state index < -0.39 is 5.91 Å². The summed E-state index contributed by atoms with van der Waals surface area (Å²) in [7, 11) is 0. The van der Waals surface area contributed by atoms with Gasteiger partial charge in [0, 0.05) is 11.9 Å². The Kier molecular flexibility index (Phi) is 6.36. The molecule has 1 atom stereocenters. The Labute approximate surface area is 149 Å². The highest BCUT2D eigenvalue weighted by Gasteiger charge is 2.13. The number of benzene rings is 2. The Morgan fingerprint density at radius 2 is 1.80 bits per heavy atom. The lowest BCUT2D eigenvalue weighted by molar-refractivity contribution is -0.117. The van der Waals surface area contributed by atoms with Crippen LogP contribution in [-0.2, 0) is 11.2 Å². The SMILES string of the molecule is CCc1ccc(C(C)NC(=O)/C(C#N)=C\Nc2ccc(C)cc2)cc1. The fraction of sp³-hybridized carbons (Fsp3) is 0.238. The second-order valence-corrected chi connectivity index (χ2v) is 5.97. The number of nitrogens with one attached hydrogen (secondary N) is 2. The van der Waals surface area contributed by atoms with Crippen LogP contribution in [0.5, 0.6) is 0 Å². The minimum Gasteiger partial charge on any atom is -0.360 e. The number of hydrogen-bond acceptors (Lipinski definition) is 3. The third-order valence-corrected chi connectivity index (χ3v) is 4.04. The van der Waals surface area contributed by atoms with Crippen LogP contribution in [0.4, 0.5) is 5.69 Å². The summed E-state index contributed by atoms with van der Waals surface area (Å²) in [6, 6.07) is 17.6. The fourth-order valence-electron chi connectivity index (χ4n) is 2.35. The molecule has 25 heavy (non-hydrogen) atoms. The van der Waals surface area contributed by atoms with Crippen LogP contribution in [0.1, 0.15) is 36.6 Å². The molecular formula is C21H23N3O. The lowest BCUT2D eigenvalue weighted by Gasteiger charge is -2.14. The third kappa shape index (κ3) is 5.22. The number of rotatable bonds is 6. The van der Waals surface area contributed by atoms with Crippen molar-refractivity contribution < 1.29 is 4.79 Å². The van der Waals surface area contributed by atoms with Crippen LogP contribution in [0, 0.1) is 18.3 Å². The van der Waals surface area contributed by atoms with Gasteiger partial charge < -0.3 is 10.6 Å². The molecule has 0 heterocycles. The molecule has 4 nitrogen and oxygen atoms in total. The largest absolute Gasteiger partial charge is 0.360 e. The quantitative estimate of drug-likeness (QED) is 0.613. The van der Waals surface area contributed by atoms with Gasteiger partial charge in [0.05, 0.1) is 6.04 Å². The Hall–Kier alpha value is -3.06. The number of carbonyl (C=O) groups excluding carboxylic acids is 1. The van der Waals surface area contributed by atoms with Crippen LogP contribution in [0.3, 0.4) is 0 Å². The summed E-state index contributed by atoms with van der Waals surface area (Å²) in [4.78, 5) is 12.3. The predicted molar refractivity (Wildman–Crippen MR) is 101 cm³/mol. The molecule has 2 N–H and O–H groups in total. The van der Waals surface area contributed by atoms with Gasteiger partial charge in [-0.25, -0.2) is 0 Å². The minimum atomic E-state index is -0.394. The molecule has 0 radical (unpaired) electrons. The topological polar surface area (TPSA) is 64.9 Å². The van der Waals surface area contributed by atoms with Gasteiger partial charge in [0.2, 0.25) is 0 Å². The number of nitriles is 1. The summed E-state index contributed by atoms with van der Waals surface area (Å²) in [5.74, 6) is -0.394. The normalized spacial score (nSPS) is 12.2. The van der Waals surface area contributed by atoms with Gasteiger partial charge in [0.15, 0.2) is 0 Å². The van der Waals surface area contributed by atoms with Crippen LogP contribution in [-0.4, -0.2) is 5.91 Å². The van der Waals surface area contributed by atoms with E-state index in [1.165, 1.54) is 11.8 Å². The first-order chi connectivity index (χ1) is 12.0. The Balaban J connectivity index is 2.01. The zero-order valence-corrected chi connectivity index (χ0v) is 14.8. The maximum atomic E-state index is 12.3. The van der Waals surface area contributed by atoms with Crippen molar-refractivity contribution in [2.75, 3.05) is 5.32 Å². The number of hydrogen-bond donors (Lipinski definition) is 2. The van der Waals surface area contributed by atoms with Crippen LogP contribution in [0.2, 0.25) is 0 Å². The second kappa shape index (κ2) is 8.70. The number of carbonyl (C=O) groups is 1. The first kappa shape index (κ1) is 18.3. The molecule has 0 aliphatic heterocycles. The molecular weight excluding hydrogens is 310 g/mol.